The number of nitrogens with zero attached hydrogens (tertiary/aromatic N) is 3. The number of nitrogens with one attached hydrogen (secondary N) is 1. The van der Waals surface area contributed by atoms with E-state index in [2.05, 4.69) is 47.2 Å². The molecule has 1 N–H and O–H groups in total. The maximum Gasteiger partial charge on any atom is 0.325 e. The van der Waals surface area contributed by atoms with Gasteiger partial charge in [0.25, 0.3) is 5.91 Å². The second-order valence-electron chi connectivity index (χ2n) is 9.30. The number of carbonyl (C=O) groups is 2. The number of imide groups is 1. The van der Waals surface area contributed by atoms with Crippen LogP contribution in [0.2, 0.25) is 0 Å². The zero-order valence-corrected chi connectivity index (χ0v) is 20.4. The molecule has 3 heterocycles. The molecule has 1 atom stereocenters. The highest BCUT2D eigenvalue weighted by Crippen LogP contribution is 2.36. The van der Waals surface area contributed by atoms with Gasteiger partial charge in [0.2, 0.25) is 0 Å². The van der Waals surface area contributed by atoms with Crippen molar-refractivity contribution >= 4 is 23.3 Å². The minimum atomic E-state index is -0.758. The van der Waals surface area contributed by atoms with Crippen LogP contribution in [0.5, 0.6) is 0 Å². The molecular weight excluding hydrogens is 420 g/mol. The Balaban J connectivity index is 1.39. The van der Waals surface area contributed by atoms with E-state index in [1.807, 2.05) is 19.4 Å². The van der Waals surface area contributed by atoms with E-state index in [9.17, 15) is 9.59 Å². The molecule has 172 valence electrons. The minimum absolute atomic E-state index is 0.0417. The van der Waals surface area contributed by atoms with E-state index >= 15 is 0 Å². The molecule has 7 heteroatoms. The fourth-order valence-corrected chi connectivity index (χ4v) is 6.05. The van der Waals surface area contributed by atoms with Crippen LogP contribution in [0.3, 0.4) is 0 Å². The number of hydrogen-bond acceptors (Lipinski definition) is 5. The lowest BCUT2D eigenvalue weighted by Gasteiger charge is -2.40. The largest absolute Gasteiger partial charge is 0.325 e. The number of likely N-dealkylation sites (tertiary alicyclic amines) is 1. The molecule has 0 radical (unpaired) electrons. The summed E-state index contributed by atoms with van der Waals surface area (Å²) in [6.45, 7) is 11.6. The predicted octanol–water partition coefficient (Wildman–Crippen LogP) is 4.22. The van der Waals surface area contributed by atoms with Gasteiger partial charge in [-0.25, -0.2) is 9.78 Å². The van der Waals surface area contributed by atoms with Crippen LogP contribution in [0.1, 0.15) is 53.4 Å². The Bertz CT molecular complexity index is 996. The van der Waals surface area contributed by atoms with Crippen molar-refractivity contribution < 1.29 is 9.59 Å². The monoisotopic (exact) mass is 454 g/mol. The molecule has 1 aromatic carbocycles. The van der Waals surface area contributed by atoms with Crippen molar-refractivity contribution in [2.24, 2.45) is 5.92 Å². The Hall–Kier alpha value is -2.25. The Morgan fingerprint density at radius 3 is 2.56 bits per heavy atom. The summed E-state index contributed by atoms with van der Waals surface area (Å²) in [5.74, 6) is 0.134. The SMILES string of the molecule is CC[C@]1(C2CCN(Cc3ccc(C)cc3C)CC2)NC(=O)N(CCc2scnc2C)C1=O. The van der Waals surface area contributed by atoms with Crippen LogP contribution in [0.25, 0.3) is 0 Å². The fourth-order valence-electron chi connectivity index (χ4n) is 5.28. The number of aromatic nitrogens is 1. The maximum absolute atomic E-state index is 13.5. The van der Waals surface area contributed by atoms with Gasteiger partial charge in [0.1, 0.15) is 5.54 Å². The average molecular weight is 455 g/mol. The lowest BCUT2D eigenvalue weighted by molar-refractivity contribution is -0.134. The number of thiazole rings is 1. The summed E-state index contributed by atoms with van der Waals surface area (Å²) >= 11 is 1.59. The summed E-state index contributed by atoms with van der Waals surface area (Å²) in [7, 11) is 0. The van der Waals surface area contributed by atoms with Crippen molar-refractivity contribution in [1.82, 2.24) is 20.1 Å². The number of aryl methyl sites for hydroxylation is 3. The zero-order valence-electron chi connectivity index (χ0n) is 19.6. The second kappa shape index (κ2) is 9.32. The minimum Gasteiger partial charge on any atom is -0.323 e. The molecule has 0 saturated carbocycles. The van der Waals surface area contributed by atoms with Gasteiger partial charge in [0.05, 0.1) is 11.2 Å². The molecular formula is C25H34N4O2S. The quantitative estimate of drug-likeness (QED) is 0.636. The Labute approximate surface area is 195 Å². The number of hydrogen-bond donors (Lipinski definition) is 1. The van der Waals surface area contributed by atoms with Gasteiger partial charge in [0, 0.05) is 24.4 Å². The van der Waals surface area contributed by atoms with Gasteiger partial charge in [-0.1, -0.05) is 30.7 Å². The van der Waals surface area contributed by atoms with E-state index in [1.54, 1.807) is 11.3 Å². The third kappa shape index (κ3) is 4.33. The average Bonchev–Trinajstić information content (AvgIpc) is 3.29. The van der Waals surface area contributed by atoms with Crippen LogP contribution in [0.4, 0.5) is 4.79 Å². The van der Waals surface area contributed by atoms with Crippen molar-refractivity contribution in [2.75, 3.05) is 19.6 Å². The molecule has 4 rings (SSSR count). The number of carbonyl (C=O) groups excluding carboxylic acids is 2. The number of rotatable bonds is 7. The smallest absolute Gasteiger partial charge is 0.323 e. The molecule has 2 aromatic rings. The van der Waals surface area contributed by atoms with Crippen LogP contribution < -0.4 is 5.32 Å². The first-order valence-electron chi connectivity index (χ1n) is 11.7. The van der Waals surface area contributed by atoms with Gasteiger partial charge in [-0.05, 0) is 70.2 Å². The van der Waals surface area contributed by atoms with Gasteiger partial charge >= 0.3 is 6.03 Å². The first kappa shape index (κ1) is 22.9. The number of urea groups is 1. The predicted molar refractivity (Wildman–Crippen MR) is 128 cm³/mol. The summed E-state index contributed by atoms with van der Waals surface area (Å²) in [6.07, 6.45) is 3.15. The molecule has 0 aliphatic carbocycles. The highest BCUT2D eigenvalue weighted by Gasteiger charge is 2.54. The van der Waals surface area contributed by atoms with Crippen LogP contribution in [0, 0.1) is 26.7 Å². The van der Waals surface area contributed by atoms with Gasteiger partial charge in [-0.2, -0.15) is 0 Å². The lowest BCUT2D eigenvalue weighted by atomic mass is 9.75. The van der Waals surface area contributed by atoms with E-state index in [-0.39, 0.29) is 17.9 Å². The lowest BCUT2D eigenvalue weighted by Crippen LogP contribution is -2.55. The van der Waals surface area contributed by atoms with Crippen molar-refractivity contribution in [3.8, 4) is 0 Å². The summed E-state index contributed by atoms with van der Waals surface area (Å²) < 4.78 is 0. The number of amides is 3. The summed E-state index contributed by atoms with van der Waals surface area (Å²) in [4.78, 5) is 35.6. The third-order valence-electron chi connectivity index (χ3n) is 7.34. The summed E-state index contributed by atoms with van der Waals surface area (Å²) in [5, 5.41) is 3.12. The van der Waals surface area contributed by atoms with Crippen LogP contribution in [-0.2, 0) is 17.8 Å². The van der Waals surface area contributed by atoms with Gasteiger partial charge < -0.3 is 5.32 Å². The second-order valence-corrected chi connectivity index (χ2v) is 10.2. The molecule has 6 nitrogen and oxygen atoms in total. The molecule has 0 unspecified atom stereocenters. The molecule has 2 aliphatic heterocycles. The highest BCUT2D eigenvalue weighted by atomic mass is 32.1. The van der Waals surface area contributed by atoms with Crippen molar-refractivity contribution in [2.45, 2.75) is 65.5 Å². The zero-order chi connectivity index (χ0) is 22.9. The van der Waals surface area contributed by atoms with E-state index < -0.39 is 5.54 Å². The molecule has 2 saturated heterocycles. The van der Waals surface area contributed by atoms with E-state index in [4.69, 9.17) is 0 Å². The first-order chi connectivity index (χ1) is 15.3. The molecule has 0 spiro atoms. The van der Waals surface area contributed by atoms with E-state index in [1.165, 1.54) is 21.6 Å². The first-order valence-corrected chi connectivity index (χ1v) is 12.5. The molecule has 2 fully saturated rings. The van der Waals surface area contributed by atoms with Gasteiger partial charge in [-0.15, -0.1) is 11.3 Å². The Morgan fingerprint density at radius 1 is 1.19 bits per heavy atom. The Morgan fingerprint density at radius 2 is 1.94 bits per heavy atom. The van der Waals surface area contributed by atoms with Gasteiger partial charge in [0.15, 0.2) is 0 Å². The van der Waals surface area contributed by atoms with Crippen molar-refractivity contribution in [3.05, 3.63) is 51.0 Å². The molecule has 1 aromatic heterocycles. The van der Waals surface area contributed by atoms with Crippen LogP contribution >= 0.6 is 11.3 Å². The maximum atomic E-state index is 13.5. The van der Waals surface area contributed by atoms with Crippen LogP contribution in [-0.4, -0.2) is 51.9 Å². The number of benzene rings is 1. The highest BCUT2D eigenvalue weighted by molar-refractivity contribution is 7.09. The summed E-state index contributed by atoms with van der Waals surface area (Å²) in [6, 6.07) is 6.41. The van der Waals surface area contributed by atoms with E-state index in [0.29, 0.717) is 19.4 Å². The Kier molecular flexibility index (Phi) is 6.67. The number of piperidine rings is 1. The van der Waals surface area contributed by atoms with Crippen molar-refractivity contribution in [1.29, 1.82) is 0 Å². The van der Waals surface area contributed by atoms with Crippen molar-refractivity contribution in [3.63, 3.8) is 0 Å². The molecule has 32 heavy (non-hydrogen) atoms. The normalized spacial score (nSPS) is 22.6. The molecule has 3 amide bonds. The molecule has 2 aliphatic rings. The fraction of sp³-hybridized carbons (Fsp3) is 0.560. The third-order valence-corrected chi connectivity index (χ3v) is 8.34. The standard InChI is InChI=1S/C25H34N4O2S/c1-5-25(23(30)29(24(31)27-25)13-10-22-19(4)26-16-32-22)21-8-11-28(12-9-21)15-20-7-6-17(2)14-18(20)3/h6-7,14,16,21H,5,8-13,15H2,1-4H3,(H,27,31)/t25-/m1/s1. The van der Waals surface area contributed by atoms with Crippen LogP contribution in [0.15, 0.2) is 23.7 Å². The van der Waals surface area contributed by atoms with E-state index in [0.717, 1.165) is 43.0 Å². The summed E-state index contributed by atoms with van der Waals surface area (Å²) in [5.41, 5.74) is 6.04. The molecule has 0 bridgehead atoms. The van der Waals surface area contributed by atoms with Gasteiger partial charge in [-0.3, -0.25) is 14.6 Å². The topological polar surface area (TPSA) is 65.5 Å².